The maximum absolute atomic E-state index is 12.8. The lowest BCUT2D eigenvalue weighted by Gasteiger charge is -2.29. The Morgan fingerprint density at radius 1 is 1.03 bits per heavy atom. The number of carbonyl (C=O) groups excluding carboxylic acids is 2. The molecule has 0 bridgehead atoms. The van der Waals surface area contributed by atoms with Crippen LogP contribution in [-0.2, 0) is 25.4 Å². The van der Waals surface area contributed by atoms with Gasteiger partial charge in [-0.05, 0) is 43.4 Å². The van der Waals surface area contributed by atoms with Crippen molar-refractivity contribution in [1.82, 2.24) is 9.78 Å². The summed E-state index contributed by atoms with van der Waals surface area (Å²) in [4.78, 5) is 24.8. The second-order valence-electron chi connectivity index (χ2n) is 10.3. The molecule has 4 N–H and O–H groups in total. The number of carbonyl (C=O) groups is 2. The maximum Gasteiger partial charge on any atom is 0.250 e. The van der Waals surface area contributed by atoms with E-state index in [2.05, 4.69) is 24.3 Å². The van der Waals surface area contributed by atoms with Gasteiger partial charge in [-0.3, -0.25) is 9.59 Å². The van der Waals surface area contributed by atoms with Gasteiger partial charge in [-0.2, -0.15) is 5.10 Å². The van der Waals surface area contributed by atoms with E-state index in [1.807, 2.05) is 23.7 Å². The van der Waals surface area contributed by atoms with E-state index in [9.17, 15) is 9.59 Å². The first-order valence-electron chi connectivity index (χ1n) is 13.4. The molecule has 11 heteroatoms. The number of aliphatic hydroxyl groups is 1. The number of anilines is 1. The summed E-state index contributed by atoms with van der Waals surface area (Å²) in [5.74, 6) is -0.398. The van der Waals surface area contributed by atoms with Crippen LogP contribution in [0.15, 0.2) is 18.2 Å². The normalized spacial score (nSPS) is 14.4. The predicted octanol–water partition coefficient (Wildman–Crippen LogP) is 2.30. The van der Waals surface area contributed by atoms with Crippen molar-refractivity contribution in [1.29, 1.82) is 0 Å². The van der Waals surface area contributed by atoms with Crippen LogP contribution < -0.4 is 11.1 Å². The number of aryl methyl sites for hydroxylation is 1. The molecule has 0 aliphatic heterocycles. The number of amides is 1. The number of aromatic nitrogens is 2. The first kappa shape index (κ1) is 30.7. The van der Waals surface area contributed by atoms with E-state index in [0.717, 1.165) is 29.9 Å². The van der Waals surface area contributed by atoms with Crippen LogP contribution in [0.2, 0.25) is 0 Å². The molecule has 0 fully saturated rings. The molecule has 1 aromatic heterocycles. The molecule has 0 unspecified atom stereocenters. The number of Topliss-reactive ketones (excluding diaryl/α,β-unsaturated/α-hetero) is 1. The van der Waals surface area contributed by atoms with Crippen LogP contribution in [0.25, 0.3) is 5.69 Å². The number of fused-ring (bicyclic) bond motifs is 1. The van der Waals surface area contributed by atoms with Gasteiger partial charge in [0.1, 0.15) is 0 Å². The number of primary amides is 1. The average Bonchev–Trinajstić information content (AvgIpc) is 3.21. The van der Waals surface area contributed by atoms with Gasteiger partial charge in [-0.25, -0.2) is 4.68 Å². The second kappa shape index (κ2) is 15.1. The Labute approximate surface area is 229 Å². The molecule has 0 saturated heterocycles. The number of rotatable bonds is 18. The minimum absolute atomic E-state index is 0.0108. The summed E-state index contributed by atoms with van der Waals surface area (Å²) in [6.45, 7) is 10.3. The zero-order valence-corrected chi connectivity index (χ0v) is 23.3. The number of nitrogens with one attached hydrogen (secondary N) is 1. The van der Waals surface area contributed by atoms with E-state index in [-0.39, 0.29) is 17.8 Å². The van der Waals surface area contributed by atoms with E-state index in [1.165, 1.54) is 0 Å². The molecule has 2 aromatic rings. The number of hydrogen-bond acceptors (Lipinski definition) is 9. The van der Waals surface area contributed by atoms with Crippen molar-refractivity contribution in [3.05, 3.63) is 40.7 Å². The lowest BCUT2D eigenvalue weighted by molar-refractivity contribution is -0.00548. The van der Waals surface area contributed by atoms with Gasteiger partial charge in [0, 0.05) is 25.3 Å². The van der Waals surface area contributed by atoms with Crippen molar-refractivity contribution in [2.45, 2.75) is 40.0 Å². The first-order chi connectivity index (χ1) is 18.7. The summed E-state index contributed by atoms with van der Waals surface area (Å²) in [6, 6.07) is 5.36. The van der Waals surface area contributed by atoms with Crippen molar-refractivity contribution >= 4 is 17.4 Å². The van der Waals surface area contributed by atoms with Crippen LogP contribution >= 0.6 is 0 Å². The Balaban J connectivity index is 1.45. The molecule has 0 radical (unpaired) electrons. The standard InChI is InChI=1S/C28H42N4O7/c1-20-26-24(18-28(2,3)19-25(26)34)32(31-20)21-5-6-22(27(29)35)23(17-21)30-7-4-9-36-11-13-38-15-16-39-14-12-37-10-8-33/h5-6,17,30,33H,4,7-16,18-19H2,1-3H3,(H2,29,35). The van der Waals surface area contributed by atoms with E-state index in [4.69, 9.17) is 29.8 Å². The lowest BCUT2D eigenvalue weighted by atomic mass is 9.75. The molecule has 0 atom stereocenters. The molecule has 1 heterocycles. The number of aliphatic hydroxyl groups excluding tert-OH is 1. The summed E-state index contributed by atoms with van der Waals surface area (Å²) in [7, 11) is 0. The molecule has 216 valence electrons. The zero-order valence-electron chi connectivity index (χ0n) is 23.3. The molecule has 39 heavy (non-hydrogen) atoms. The van der Waals surface area contributed by atoms with Gasteiger partial charge in [-0.15, -0.1) is 0 Å². The maximum atomic E-state index is 12.8. The van der Waals surface area contributed by atoms with Crippen molar-refractivity contribution in [3.8, 4) is 5.69 Å². The molecule has 1 aromatic carbocycles. The van der Waals surface area contributed by atoms with Gasteiger partial charge in [0.25, 0.3) is 5.91 Å². The largest absolute Gasteiger partial charge is 0.394 e. The Bertz CT molecular complexity index is 1100. The van der Waals surface area contributed by atoms with E-state index in [1.54, 1.807) is 6.07 Å². The van der Waals surface area contributed by atoms with Crippen LogP contribution in [-0.4, -0.2) is 92.6 Å². The molecule has 1 aliphatic rings. The summed E-state index contributed by atoms with van der Waals surface area (Å²) in [6.07, 6.45) is 1.97. The third-order valence-electron chi connectivity index (χ3n) is 6.37. The molecule has 0 saturated carbocycles. The minimum Gasteiger partial charge on any atom is -0.394 e. The highest BCUT2D eigenvalue weighted by molar-refractivity contribution is 6.00. The van der Waals surface area contributed by atoms with Crippen molar-refractivity contribution in [3.63, 3.8) is 0 Å². The molecule has 1 amide bonds. The smallest absolute Gasteiger partial charge is 0.250 e. The topological polar surface area (TPSA) is 147 Å². The number of ether oxygens (including phenoxy) is 4. The highest BCUT2D eigenvalue weighted by Gasteiger charge is 2.35. The van der Waals surface area contributed by atoms with E-state index >= 15 is 0 Å². The van der Waals surface area contributed by atoms with Crippen LogP contribution in [0.1, 0.15) is 58.8 Å². The Kier molecular flexibility index (Phi) is 11.9. The minimum atomic E-state index is -0.519. The van der Waals surface area contributed by atoms with Crippen LogP contribution in [0.5, 0.6) is 0 Å². The SMILES string of the molecule is Cc1nn(-c2ccc(C(N)=O)c(NCCCOCCOCCOCCOCCO)c2)c2c1C(=O)CC(C)(C)C2. The van der Waals surface area contributed by atoms with Crippen LogP contribution in [0, 0.1) is 12.3 Å². The summed E-state index contributed by atoms with van der Waals surface area (Å²) in [5.41, 5.74) is 9.59. The van der Waals surface area contributed by atoms with Gasteiger partial charge in [0.2, 0.25) is 0 Å². The monoisotopic (exact) mass is 546 g/mol. The van der Waals surface area contributed by atoms with E-state index < -0.39 is 5.91 Å². The average molecular weight is 547 g/mol. The van der Waals surface area contributed by atoms with Crippen LogP contribution in [0.4, 0.5) is 5.69 Å². The van der Waals surface area contributed by atoms with Gasteiger partial charge in [0.15, 0.2) is 5.78 Å². The Morgan fingerprint density at radius 3 is 2.26 bits per heavy atom. The van der Waals surface area contributed by atoms with Crippen LogP contribution in [0.3, 0.4) is 0 Å². The predicted molar refractivity (Wildman–Crippen MR) is 147 cm³/mol. The lowest BCUT2D eigenvalue weighted by Crippen LogP contribution is -2.28. The molecule has 0 spiro atoms. The second-order valence-corrected chi connectivity index (χ2v) is 10.3. The number of nitrogens with two attached hydrogens (primary N) is 1. The molecule has 3 rings (SSSR count). The van der Waals surface area contributed by atoms with Crippen molar-refractivity contribution < 1.29 is 33.6 Å². The Hall–Kier alpha value is -2.83. The first-order valence-corrected chi connectivity index (χ1v) is 13.4. The fraction of sp³-hybridized carbons (Fsp3) is 0.607. The highest BCUT2D eigenvalue weighted by Crippen LogP contribution is 2.37. The molecule has 11 nitrogen and oxygen atoms in total. The quantitative estimate of drug-likeness (QED) is 0.240. The van der Waals surface area contributed by atoms with Gasteiger partial charge in [-0.1, -0.05) is 13.8 Å². The zero-order chi connectivity index (χ0) is 28.3. The molecule has 1 aliphatic carbocycles. The molecular formula is C28H42N4O7. The summed E-state index contributed by atoms with van der Waals surface area (Å²) >= 11 is 0. The summed E-state index contributed by atoms with van der Waals surface area (Å²) < 4.78 is 23.4. The van der Waals surface area contributed by atoms with Gasteiger partial charge < -0.3 is 35.1 Å². The third-order valence-corrected chi connectivity index (χ3v) is 6.37. The van der Waals surface area contributed by atoms with Gasteiger partial charge in [0.05, 0.1) is 81.1 Å². The van der Waals surface area contributed by atoms with Crippen molar-refractivity contribution in [2.24, 2.45) is 11.1 Å². The Morgan fingerprint density at radius 2 is 1.64 bits per heavy atom. The van der Waals surface area contributed by atoms with Crippen molar-refractivity contribution in [2.75, 3.05) is 71.3 Å². The number of ketones is 1. The highest BCUT2D eigenvalue weighted by atomic mass is 16.6. The summed E-state index contributed by atoms with van der Waals surface area (Å²) in [5, 5.41) is 16.6. The van der Waals surface area contributed by atoms with Gasteiger partial charge >= 0.3 is 0 Å². The third kappa shape index (κ3) is 9.11. The number of hydrogen-bond donors (Lipinski definition) is 3. The van der Waals surface area contributed by atoms with E-state index in [0.29, 0.717) is 82.6 Å². The number of benzene rings is 1. The fourth-order valence-corrected chi connectivity index (χ4v) is 4.60. The fourth-order valence-electron chi connectivity index (χ4n) is 4.60. The number of nitrogens with zero attached hydrogens (tertiary/aromatic N) is 2. The molecular weight excluding hydrogens is 504 g/mol.